The zero-order valence-electron chi connectivity index (χ0n) is 22.1. The highest BCUT2D eigenvalue weighted by Crippen LogP contribution is 2.46. The fraction of sp³-hybridized carbons (Fsp3) is 0.212. The Morgan fingerprint density at radius 3 is 2.24 bits per heavy atom. The Labute approximate surface area is 224 Å². The highest BCUT2D eigenvalue weighted by Gasteiger charge is 2.41. The second kappa shape index (κ2) is 11.1. The van der Waals surface area contributed by atoms with Crippen molar-refractivity contribution in [2.75, 3.05) is 27.7 Å². The van der Waals surface area contributed by atoms with Gasteiger partial charge in [-0.1, -0.05) is 78.9 Å². The van der Waals surface area contributed by atoms with Gasteiger partial charge in [0.05, 0.1) is 12.8 Å². The molecule has 5 heteroatoms. The van der Waals surface area contributed by atoms with Gasteiger partial charge in [0, 0.05) is 36.5 Å². The molecule has 0 amide bonds. The summed E-state index contributed by atoms with van der Waals surface area (Å²) < 4.78 is 5.19. The zero-order valence-corrected chi connectivity index (χ0v) is 22.1. The van der Waals surface area contributed by atoms with Crippen LogP contribution in [0.1, 0.15) is 29.0 Å². The van der Waals surface area contributed by atoms with Gasteiger partial charge in [0.25, 0.3) is 0 Å². The largest absolute Gasteiger partial charge is 0.481 e. The van der Waals surface area contributed by atoms with Crippen LogP contribution in [0, 0.1) is 0 Å². The second-order valence-corrected chi connectivity index (χ2v) is 9.91. The Morgan fingerprint density at radius 2 is 1.55 bits per heavy atom. The van der Waals surface area contributed by atoms with Crippen LogP contribution in [0.4, 0.5) is 0 Å². The normalized spacial score (nSPS) is 13.8. The smallest absolute Gasteiger partial charge is 0.212 e. The van der Waals surface area contributed by atoms with Crippen LogP contribution >= 0.6 is 0 Å². The molecule has 38 heavy (non-hydrogen) atoms. The highest BCUT2D eigenvalue weighted by molar-refractivity contribution is 5.86. The summed E-state index contributed by atoms with van der Waals surface area (Å²) in [7, 11) is 5.69. The molecule has 0 aliphatic rings. The lowest BCUT2D eigenvalue weighted by Crippen LogP contribution is -2.37. The van der Waals surface area contributed by atoms with E-state index in [1.807, 2.05) is 74.9 Å². The quantitative estimate of drug-likeness (QED) is 0.257. The Hall–Kier alpha value is -4.06. The summed E-state index contributed by atoms with van der Waals surface area (Å²) in [6.07, 6.45) is 4.21. The van der Waals surface area contributed by atoms with E-state index in [4.69, 9.17) is 9.72 Å². The first-order chi connectivity index (χ1) is 18.5. The van der Waals surface area contributed by atoms with Crippen LogP contribution in [-0.4, -0.2) is 47.7 Å². The number of nitrogens with zero attached hydrogens (tertiary/aromatic N) is 3. The molecule has 0 aliphatic heterocycles. The fourth-order valence-corrected chi connectivity index (χ4v) is 5.22. The molecule has 3 aromatic carbocycles. The van der Waals surface area contributed by atoms with Gasteiger partial charge in [-0.15, -0.1) is 0 Å². The van der Waals surface area contributed by atoms with Gasteiger partial charge in [-0.25, -0.2) is 4.98 Å². The first-order valence-corrected chi connectivity index (χ1v) is 12.9. The summed E-state index contributed by atoms with van der Waals surface area (Å²) in [4.78, 5) is 11.3. The van der Waals surface area contributed by atoms with E-state index in [-0.39, 0.29) is 5.92 Å². The first kappa shape index (κ1) is 25.6. The standard InChI is InChI=1S/C33H33N3O2/c1-36(2)21-20-33(37,29-15-9-13-24-10-7-8-14-28(24)29)32(25-11-5-4-6-12-25)27-16-18-30(34-23-27)26-17-19-31(38-3)35-22-26/h4-19,22-23,32,37H,20-21H2,1-3H3. The van der Waals surface area contributed by atoms with Crippen molar-refractivity contribution in [1.82, 2.24) is 14.9 Å². The predicted molar refractivity (Wildman–Crippen MR) is 153 cm³/mol. The molecule has 2 aromatic heterocycles. The Bertz CT molecular complexity index is 1480. The molecule has 1 N–H and O–H groups in total. The first-order valence-electron chi connectivity index (χ1n) is 12.9. The lowest BCUT2D eigenvalue weighted by atomic mass is 9.71. The summed E-state index contributed by atoms with van der Waals surface area (Å²) in [5.41, 5.74) is 3.47. The van der Waals surface area contributed by atoms with E-state index in [1.54, 1.807) is 13.3 Å². The number of hydrogen-bond acceptors (Lipinski definition) is 5. The number of hydrogen-bond donors (Lipinski definition) is 1. The van der Waals surface area contributed by atoms with Crippen molar-refractivity contribution in [2.24, 2.45) is 0 Å². The van der Waals surface area contributed by atoms with Crippen LogP contribution < -0.4 is 4.74 Å². The van der Waals surface area contributed by atoms with E-state index in [0.29, 0.717) is 12.3 Å². The van der Waals surface area contributed by atoms with Crippen LogP contribution in [0.25, 0.3) is 22.0 Å². The molecule has 2 unspecified atom stereocenters. The predicted octanol–water partition coefficient (Wildman–Crippen LogP) is 6.28. The molecule has 0 radical (unpaired) electrons. The minimum atomic E-state index is -1.18. The molecule has 0 saturated carbocycles. The molecule has 2 heterocycles. The van der Waals surface area contributed by atoms with Crippen molar-refractivity contribution >= 4 is 10.8 Å². The summed E-state index contributed by atoms with van der Waals surface area (Å²) in [5.74, 6) is 0.237. The van der Waals surface area contributed by atoms with Gasteiger partial charge in [0.1, 0.15) is 5.60 Å². The van der Waals surface area contributed by atoms with E-state index in [2.05, 4.69) is 52.3 Å². The van der Waals surface area contributed by atoms with Crippen molar-refractivity contribution in [2.45, 2.75) is 17.9 Å². The maximum atomic E-state index is 12.9. The molecule has 192 valence electrons. The van der Waals surface area contributed by atoms with E-state index >= 15 is 0 Å². The number of fused-ring (bicyclic) bond motifs is 1. The molecular formula is C33H33N3O2. The van der Waals surface area contributed by atoms with Gasteiger partial charge >= 0.3 is 0 Å². The van der Waals surface area contributed by atoms with Crippen LogP contribution in [0.15, 0.2) is 109 Å². The lowest BCUT2D eigenvalue weighted by Gasteiger charge is -2.39. The number of rotatable bonds is 9. The van der Waals surface area contributed by atoms with Gasteiger partial charge in [0.2, 0.25) is 5.88 Å². The summed E-state index contributed by atoms with van der Waals surface area (Å²) >= 11 is 0. The van der Waals surface area contributed by atoms with Crippen molar-refractivity contribution < 1.29 is 9.84 Å². The molecule has 5 nitrogen and oxygen atoms in total. The number of aromatic nitrogens is 2. The number of aliphatic hydroxyl groups is 1. The van der Waals surface area contributed by atoms with Gasteiger partial charge < -0.3 is 14.7 Å². The Kier molecular flexibility index (Phi) is 7.50. The van der Waals surface area contributed by atoms with Gasteiger partial charge in [-0.05, 0) is 60.1 Å². The average molecular weight is 504 g/mol. The lowest BCUT2D eigenvalue weighted by molar-refractivity contribution is 0.00580. The van der Waals surface area contributed by atoms with Crippen LogP contribution in [0.3, 0.4) is 0 Å². The molecule has 2 atom stereocenters. The fourth-order valence-electron chi connectivity index (χ4n) is 5.22. The van der Waals surface area contributed by atoms with Crippen molar-refractivity contribution in [3.8, 4) is 17.1 Å². The maximum absolute atomic E-state index is 12.9. The summed E-state index contributed by atoms with van der Waals surface area (Å²) in [5, 5.41) is 15.0. The minimum Gasteiger partial charge on any atom is -0.481 e. The molecule has 0 spiro atoms. The monoisotopic (exact) mass is 503 g/mol. The summed E-state index contributed by atoms with van der Waals surface area (Å²) in [6, 6.07) is 32.6. The number of benzene rings is 3. The van der Waals surface area contributed by atoms with Crippen LogP contribution in [0.5, 0.6) is 5.88 Å². The van der Waals surface area contributed by atoms with Crippen molar-refractivity contribution in [3.63, 3.8) is 0 Å². The zero-order chi connectivity index (χ0) is 26.5. The van der Waals surface area contributed by atoms with Crippen LogP contribution in [0.2, 0.25) is 0 Å². The molecule has 5 aromatic rings. The molecule has 0 saturated heterocycles. The maximum Gasteiger partial charge on any atom is 0.212 e. The van der Waals surface area contributed by atoms with Crippen LogP contribution in [-0.2, 0) is 5.60 Å². The third-order valence-electron chi connectivity index (χ3n) is 7.17. The topological polar surface area (TPSA) is 58.5 Å². The summed E-state index contributed by atoms with van der Waals surface area (Å²) in [6.45, 7) is 0.728. The molecule has 5 rings (SSSR count). The Morgan fingerprint density at radius 1 is 0.789 bits per heavy atom. The number of methoxy groups -OCH3 is 1. The molecular weight excluding hydrogens is 470 g/mol. The Balaban J connectivity index is 1.66. The van der Waals surface area contributed by atoms with Gasteiger partial charge in [-0.2, -0.15) is 0 Å². The van der Waals surface area contributed by atoms with Gasteiger partial charge in [0.15, 0.2) is 0 Å². The number of pyridine rings is 2. The van der Waals surface area contributed by atoms with Crippen molar-refractivity contribution in [1.29, 1.82) is 0 Å². The van der Waals surface area contributed by atoms with E-state index in [0.717, 1.165) is 45.3 Å². The molecule has 0 aliphatic carbocycles. The SMILES string of the molecule is COc1ccc(-c2ccc(C(c3ccccc3)C(O)(CCN(C)C)c3cccc4ccccc34)cn2)cn1. The highest BCUT2D eigenvalue weighted by atomic mass is 16.5. The van der Waals surface area contributed by atoms with E-state index in [9.17, 15) is 5.11 Å². The number of ether oxygens (including phenoxy) is 1. The van der Waals surface area contributed by atoms with E-state index < -0.39 is 5.60 Å². The minimum absolute atomic E-state index is 0.329. The third kappa shape index (κ3) is 5.17. The average Bonchev–Trinajstić information content (AvgIpc) is 2.97. The third-order valence-corrected chi connectivity index (χ3v) is 7.17. The second-order valence-electron chi connectivity index (χ2n) is 9.91. The van der Waals surface area contributed by atoms with E-state index in [1.165, 1.54) is 0 Å². The molecule has 0 fully saturated rings. The molecule has 0 bridgehead atoms. The van der Waals surface area contributed by atoms with Gasteiger partial charge in [-0.3, -0.25) is 4.98 Å². The van der Waals surface area contributed by atoms with Crippen molar-refractivity contribution in [3.05, 3.63) is 126 Å².